The highest BCUT2D eigenvalue weighted by atomic mass is 16.5. The topological polar surface area (TPSA) is 78.9 Å². The summed E-state index contributed by atoms with van der Waals surface area (Å²) in [6.07, 6.45) is 6.06. The summed E-state index contributed by atoms with van der Waals surface area (Å²) in [6, 6.07) is 24.9. The molecule has 1 amide bonds. The van der Waals surface area contributed by atoms with Gasteiger partial charge in [0, 0.05) is 12.0 Å². The molecule has 3 aromatic rings. The van der Waals surface area contributed by atoms with Crippen LogP contribution in [-0.4, -0.2) is 23.6 Å². The van der Waals surface area contributed by atoms with Crippen molar-refractivity contribution in [3.05, 3.63) is 102 Å². The summed E-state index contributed by atoms with van der Waals surface area (Å²) in [7, 11) is 0. The van der Waals surface area contributed by atoms with Gasteiger partial charge in [-0.2, -0.15) is 0 Å². The molecule has 2 N–H and O–H groups in total. The van der Waals surface area contributed by atoms with Crippen molar-refractivity contribution >= 4 is 23.3 Å². The highest BCUT2D eigenvalue weighted by Crippen LogP contribution is 2.37. The van der Waals surface area contributed by atoms with Crippen LogP contribution in [0.5, 0.6) is 5.75 Å². The van der Waals surface area contributed by atoms with E-state index in [4.69, 9.17) is 9.84 Å². The minimum atomic E-state index is -0.678. The number of hydrogen-bond donors (Lipinski definition) is 2. The van der Waals surface area contributed by atoms with Gasteiger partial charge in [-0.1, -0.05) is 54.6 Å². The molecule has 4 rings (SSSR count). The molecule has 6 heteroatoms. The molecule has 0 aromatic heterocycles. The van der Waals surface area contributed by atoms with Gasteiger partial charge >= 0.3 is 5.97 Å². The minimum absolute atomic E-state index is 0.0363. The molecular formula is C27H26N2O4. The number of hydrazine groups is 1. The normalized spacial score (nSPS) is 15.0. The predicted molar refractivity (Wildman–Crippen MR) is 127 cm³/mol. The molecule has 0 fully saturated rings. The summed E-state index contributed by atoms with van der Waals surface area (Å²) >= 11 is 0. The molecular weight excluding hydrogens is 416 g/mol. The largest absolute Gasteiger partial charge is 0.425 e. The number of anilines is 2. The quantitative estimate of drug-likeness (QED) is 0.245. The molecule has 0 aliphatic heterocycles. The van der Waals surface area contributed by atoms with Crippen LogP contribution in [0, 0.1) is 0 Å². The molecule has 168 valence electrons. The van der Waals surface area contributed by atoms with Crippen LogP contribution >= 0.6 is 0 Å². The van der Waals surface area contributed by atoms with E-state index < -0.39 is 12.6 Å². The van der Waals surface area contributed by atoms with E-state index in [-0.39, 0.29) is 11.8 Å². The number of esters is 1. The van der Waals surface area contributed by atoms with E-state index in [1.54, 1.807) is 17.2 Å². The standard InChI is InChI=1S/C27H26N2O4/c30-19-27(32)33-25-16-8-14-23-20(9-7-15-24(23)25)17-18-26(31)28-29(21-10-3-1-4-11-21)22-12-5-2-6-13-22/h1-6,8,10-14,16-18,20,30H,7,9,15,19H2,(H,28,31). The zero-order chi connectivity index (χ0) is 23.0. The number of nitrogens with one attached hydrogen (secondary N) is 1. The van der Waals surface area contributed by atoms with E-state index in [1.165, 1.54) is 0 Å². The SMILES string of the molecule is O=C(C=CC1CCCc2c(OC(=O)CO)cccc21)NN(c1ccccc1)c1ccccc1. The van der Waals surface area contributed by atoms with Gasteiger partial charge < -0.3 is 9.84 Å². The molecule has 1 unspecified atom stereocenters. The Morgan fingerprint density at radius 1 is 0.970 bits per heavy atom. The van der Waals surface area contributed by atoms with Crippen LogP contribution in [0.3, 0.4) is 0 Å². The Balaban J connectivity index is 1.52. The highest BCUT2D eigenvalue weighted by Gasteiger charge is 2.22. The number of para-hydroxylation sites is 2. The van der Waals surface area contributed by atoms with Gasteiger partial charge in [0.15, 0.2) is 0 Å². The highest BCUT2D eigenvalue weighted by molar-refractivity contribution is 5.90. The summed E-state index contributed by atoms with van der Waals surface area (Å²) in [6.45, 7) is -0.660. The first-order chi connectivity index (χ1) is 16.2. The maximum atomic E-state index is 12.9. The van der Waals surface area contributed by atoms with Gasteiger partial charge in [0.05, 0.1) is 11.4 Å². The van der Waals surface area contributed by atoms with Crippen LogP contribution in [0.1, 0.15) is 29.9 Å². The summed E-state index contributed by atoms with van der Waals surface area (Å²) in [5, 5.41) is 10.8. The molecule has 6 nitrogen and oxygen atoms in total. The Hall–Kier alpha value is -3.90. The number of fused-ring (bicyclic) bond motifs is 1. The van der Waals surface area contributed by atoms with E-state index in [1.807, 2.05) is 78.9 Å². The Kier molecular flexibility index (Phi) is 7.17. The second kappa shape index (κ2) is 10.6. The number of aliphatic hydroxyl groups excluding tert-OH is 1. The van der Waals surface area contributed by atoms with E-state index in [2.05, 4.69) is 5.43 Å². The first-order valence-corrected chi connectivity index (χ1v) is 11.0. The number of amides is 1. The van der Waals surface area contributed by atoms with Crippen LogP contribution in [0.25, 0.3) is 0 Å². The average molecular weight is 443 g/mol. The maximum Gasteiger partial charge on any atom is 0.337 e. The molecule has 0 heterocycles. The Labute approximate surface area is 193 Å². The lowest BCUT2D eigenvalue weighted by atomic mass is 9.82. The summed E-state index contributed by atoms with van der Waals surface area (Å²) < 4.78 is 5.29. The molecule has 3 aromatic carbocycles. The molecule has 0 saturated heterocycles. The second-order valence-corrected chi connectivity index (χ2v) is 7.80. The van der Waals surface area contributed by atoms with Gasteiger partial charge in [-0.05, 0) is 60.7 Å². The van der Waals surface area contributed by atoms with Crippen molar-refractivity contribution in [3.63, 3.8) is 0 Å². The van der Waals surface area contributed by atoms with Crippen molar-refractivity contribution in [2.24, 2.45) is 0 Å². The number of hydrogen-bond acceptors (Lipinski definition) is 5. The number of rotatable bonds is 7. The van der Waals surface area contributed by atoms with Crippen molar-refractivity contribution in [2.45, 2.75) is 25.2 Å². The number of ether oxygens (including phenoxy) is 1. The third kappa shape index (κ3) is 5.48. The molecule has 1 aliphatic rings. The summed E-state index contributed by atoms with van der Waals surface area (Å²) in [5.74, 6) is -0.400. The molecule has 0 saturated carbocycles. The van der Waals surface area contributed by atoms with Crippen LogP contribution in [0.4, 0.5) is 11.4 Å². The lowest BCUT2D eigenvalue weighted by molar-refractivity contribution is -0.137. The second-order valence-electron chi connectivity index (χ2n) is 7.80. The zero-order valence-corrected chi connectivity index (χ0v) is 18.2. The third-order valence-electron chi connectivity index (χ3n) is 5.59. The van der Waals surface area contributed by atoms with Crippen LogP contribution in [0.15, 0.2) is 91.0 Å². The molecule has 1 atom stereocenters. The molecule has 33 heavy (non-hydrogen) atoms. The fourth-order valence-electron chi connectivity index (χ4n) is 4.09. The van der Waals surface area contributed by atoms with Gasteiger partial charge in [0.25, 0.3) is 5.91 Å². The molecule has 0 spiro atoms. The molecule has 0 radical (unpaired) electrons. The van der Waals surface area contributed by atoms with E-state index in [0.717, 1.165) is 41.8 Å². The van der Waals surface area contributed by atoms with Gasteiger partial charge in [-0.25, -0.2) is 4.79 Å². The Bertz CT molecular complexity index is 1090. The average Bonchev–Trinajstić information content (AvgIpc) is 2.87. The number of allylic oxidation sites excluding steroid dienone is 1. The first-order valence-electron chi connectivity index (χ1n) is 11.0. The van der Waals surface area contributed by atoms with E-state index in [0.29, 0.717) is 5.75 Å². The van der Waals surface area contributed by atoms with Gasteiger partial charge in [-0.3, -0.25) is 15.2 Å². The van der Waals surface area contributed by atoms with Crippen molar-refractivity contribution in [2.75, 3.05) is 11.6 Å². The van der Waals surface area contributed by atoms with E-state index >= 15 is 0 Å². The van der Waals surface area contributed by atoms with Crippen molar-refractivity contribution in [3.8, 4) is 5.75 Å². The monoisotopic (exact) mass is 442 g/mol. The van der Waals surface area contributed by atoms with E-state index in [9.17, 15) is 9.59 Å². The smallest absolute Gasteiger partial charge is 0.337 e. The van der Waals surface area contributed by atoms with Gasteiger partial charge in [-0.15, -0.1) is 0 Å². The maximum absolute atomic E-state index is 12.9. The minimum Gasteiger partial charge on any atom is -0.425 e. The van der Waals surface area contributed by atoms with Crippen LogP contribution in [-0.2, 0) is 16.0 Å². The summed E-state index contributed by atoms with van der Waals surface area (Å²) in [5.41, 5.74) is 6.66. The van der Waals surface area contributed by atoms with Crippen molar-refractivity contribution in [1.29, 1.82) is 0 Å². The summed E-state index contributed by atoms with van der Waals surface area (Å²) in [4.78, 5) is 24.4. The van der Waals surface area contributed by atoms with Gasteiger partial charge in [0.1, 0.15) is 12.4 Å². The number of carbonyl (C=O) groups excluding carboxylic acids is 2. The number of aliphatic hydroxyl groups is 1. The molecule has 0 bridgehead atoms. The first kappa shape index (κ1) is 22.3. The third-order valence-corrected chi connectivity index (χ3v) is 5.59. The van der Waals surface area contributed by atoms with Crippen LogP contribution in [0.2, 0.25) is 0 Å². The number of nitrogens with zero attached hydrogens (tertiary/aromatic N) is 1. The Morgan fingerprint density at radius 3 is 2.27 bits per heavy atom. The lowest BCUT2D eigenvalue weighted by Gasteiger charge is -2.26. The molecule has 1 aliphatic carbocycles. The van der Waals surface area contributed by atoms with Gasteiger partial charge in [0.2, 0.25) is 0 Å². The van der Waals surface area contributed by atoms with Crippen molar-refractivity contribution in [1.82, 2.24) is 5.43 Å². The number of benzene rings is 3. The number of carbonyl (C=O) groups is 2. The van der Waals surface area contributed by atoms with Crippen molar-refractivity contribution < 1.29 is 19.4 Å². The zero-order valence-electron chi connectivity index (χ0n) is 18.2. The lowest BCUT2D eigenvalue weighted by Crippen LogP contribution is -2.37. The fourth-order valence-corrected chi connectivity index (χ4v) is 4.09. The van der Waals surface area contributed by atoms with Crippen LogP contribution < -0.4 is 15.2 Å². The fraction of sp³-hybridized carbons (Fsp3) is 0.185. The Morgan fingerprint density at radius 2 is 1.64 bits per heavy atom. The predicted octanol–water partition coefficient (Wildman–Crippen LogP) is 4.43.